The van der Waals surface area contributed by atoms with Gasteiger partial charge >= 0.3 is 15.9 Å². The first kappa shape index (κ1) is 34.5. The number of fused-ring (bicyclic) bond motifs is 1. The molecule has 3 unspecified atom stereocenters. The normalized spacial score (nSPS) is 23.3. The SMILES string of the molecule is Cn1c(=O)n(C2CCC(=O)NC2=O)c2ccc(C3CCN(CC(=O)NC4CC4c4cc(-c5ccc(O)c(N6CC(=O)NS6(=O)=O)c5F)[nH]n4)CC3)cc21. The number of nitrogens with one attached hydrogen (secondary N) is 4. The zero-order chi connectivity index (χ0) is 37.3. The maximum Gasteiger partial charge on any atom is 0.329 e. The van der Waals surface area contributed by atoms with Crippen LogP contribution in [0.2, 0.25) is 0 Å². The van der Waals surface area contributed by atoms with Crippen molar-refractivity contribution in [1.82, 2.24) is 39.6 Å². The molecule has 17 nitrogen and oxygen atoms in total. The minimum Gasteiger partial charge on any atom is -0.506 e. The van der Waals surface area contributed by atoms with E-state index < -0.39 is 51.9 Å². The molecule has 2 aromatic carbocycles. The van der Waals surface area contributed by atoms with Gasteiger partial charge in [-0.15, -0.1) is 0 Å². The number of aryl methyl sites for hydroxylation is 1. The molecule has 3 saturated heterocycles. The molecule has 5 heterocycles. The third kappa shape index (κ3) is 6.22. The number of imidazole rings is 1. The maximum absolute atomic E-state index is 15.6. The maximum atomic E-state index is 15.6. The molecule has 1 aliphatic carbocycles. The molecule has 19 heteroatoms. The molecule has 1 saturated carbocycles. The van der Waals surface area contributed by atoms with Crippen LogP contribution < -0.4 is 25.4 Å². The topological polar surface area (TPSA) is 221 Å². The first-order valence-corrected chi connectivity index (χ1v) is 18.7. The minimum atomic E-state index is -4.36. The molecule has 5 N–H and O–H groups in total. The molecule has 0 bridgehead atoms. The highest BCUT2D eigenvalue weighted by Gasteiger charge is 2.42. The highest BCUT2D eigenvalue weighted by molar-refractivity contribution is 7.92. The van der Waals surface area contributed by atoms with Crippen molar-refractivity contribution < 1.29 is 37.1 Å². The van der Waals surface area contributed by atoms with Gasteiger partial charge in [-0.3, -0.25) is 43.6 Å². The van der Waals surface area contributed by atoms with Crippen molar-refractivity contribution in [3.8, 4) is 17.0 Å². The number of amides is 4. The molecule has 4 aromatic rings. The fraction of sp³-hybridized carbons (Fsp3) is 0.412. The number of aromatic nitrogens is 4. The Labute approximate surface area is 301 Å². The summed E-state index contributed by atoms with van der Waals surface area (Å²) in [6.45, 7) is 0.956. The van der Waals surface area contributed by atoms with Crippen molar-refractivity contribution in [2.24, 2.45) is 7.05 Å². The van der Waals surface area contributed by atoms with E-state index in [1.165, 1.54) is 15.2 Å². The number of H-pyrrole nitrogens is 1. The average Bonchev–Trinajstić information content (AvgIpc) is 3.46. The Morgan fingerprint density at radius 1 is 1.04 bits per heavy atom. The van der Waals surface area contributed by atoms with Crippen molar-refractivity contribution in [1.29, 1.82) is 0 Å². The number of carbonyl (C=O) groups excluding carboxylic acids is 4. The Hall–Kier alpha value is -5.56. The summed E-state index contributed by atoms with van der Waals surface area (Å²) in [6, 6.07) is 8.97. The lowest BCUT2D eigenvalue weighted by molar-refractivity contribution is -0.135. The van der Waals surface area contributed by atoms with E-state index in [1.807, 2.05) is 18.2 Å². The van der Waals surface area contributed by atoms with Crippen LogP contribution in [0.3, 0.4) is 0 Å². The summed E-state index contributed by atoms with van der Waals surface area (Å²) in [6.07, 6.45) is 2.71. The van der Waals surface area contributed by atoms with Crippen LogP contribution in [0.25, 0.3) is 22.3 Å². The standard InChI is InChI=1S/C34H36FN9O8S/c1-41-26-12-18(2-4-24(26)44(34(41)50)25-5-7-28(46)37-33(25)49)17-8-10-42(11-9-17)15-29(47)36-21-13-20(21)23-14-22(38-39-23)19-3-6-27(45)32(31(19)35)43-16-30(48)40-53(43,51)52/h2-4,6,12,14,17,20-21,25,45H,5,7-11,13,15-16H2,1H3,(H,36,47)(H,38,39)(H,40,48)(H,37,46,49). The number of phenols is 1. The summed E-state index contributed by atoms with van der Waals surface area (Å²) in [7, 11) is -2.68. The van der Waals surface area contributed by atoms with Crippen LogP contribution >= 0.6 is 0 Å². The Morgan fingerprint density at radius 3 is 2.53 bits per heavy atom. The number of piperidine rings is 2. The predicted molar refractivity (Wildman–Crippen MR) is 186 cm³/mol. The van der Waals surface area contributed by atoms with E-state index in [4.69, 9.17) is 0 Å². The number of carbonyl (C=O) groups is 4. The van der Waals surface area contributed by atoms with Crippen LogP contribution in [0.15, 0.2) is 41.2 Å². The largest absolute Gasteiger partial charge is 0.506 e. The molecular weight excluding hydrogens is 713 g/mol. The van der Waals surface area contributed by atoms with Gasteiger partial charge in [-0.25, -0.2) is 18.2 Å². The number of hydrogen-bond acceptors (Lipinski definition) is 10. The molecule has 3 aliphatic heterocycles. The monoisotopic (exact) mass is 749 g/mol. The molecule has 0 radical (unpaired) electrons. The van der Waals surface area contributed by atoms with E-state index >= 15 is 4.39 Å². The molecule has 3 atom stereocenters. The van der Waals surface area contributed by atoms with Gasteiger partial charge in [0.1, 0.15) is 24.0 Å². The third-order valence-corrected chi connectivity index (χ3v) is 12.0. The van der Waals surface area contributed by atoms with E-state index in [0.717, 1.165) is 24.5 Å². The molecule has 0 spiro atoms. The summed E-state index contributed by atoms with van der Waals surface area (Å²) in [5.41, 5.74) is 2.25. The van der Waals surface area contributed by atoms with Gasteiger partial charge in [-0.1, -0.05) is 6.07 Å². The molecule has 278 valence electrons. The zero-order valence-corrected chi connectivity index (χ0v) is 29.3. The number of benzene rings is 2. The number of imide groups is 1. The zero-order valence-electron chi connectivity index (χ0n) is 28.5. The van der Waals surface area contributed by atoms with Gasteiger partial charge in [0.15, 0.2) is 5.82 Å². The Morgan fingerprint density at radius 2 is 1.81 bits per heavy atom. The number of aromatic hydroxyl groups is 1. The lowest BCUT2D eigenvalue weighted by Crippen LogP contribution is -2.44. The molecule has 4 amide bonds. The van der Waals surface area contributed by atoms with Gasteiger partial charge in [0.2, 0.25) is 17.7 Å². The lowest BCUT2D eigenvalue weighted by atomic mass is 9.89. The second-order valence-corrected chi connectivity index (χ2v) is 15.6. The third-order valence-electron chi connectivity index (χ3n) is 10.6. The van der Waals surface area contributed by atoms with E-state index in [2.05, 4.69) is 25.7 Å². The van der Waals surface area contributed by atoms with E-state index in [1.54, 1.807) is 17.8 Å². The van der Waals surface area contributed by atoms with Gasteiger partial charge in [-0.05, 0) is 80.6 Å². The van der Waals surface area contributed by atoms with Crippen molar-refractivity contribution in [2.75, 3.05) is 30.5 Å². The smallest absolute Gasteiger partial charge is 0.329 e. The van der Waals surface area contributed by atoms with Crippen LogP contribution in [0.1, 0.15) is 61.2 Å². The van der Waals surface area contributed by atoms with Gasteiger partial charge in [-0.2, -0.15) is 13.5 Å². The number of nitrogens with zero attached hydrogens (tertiary/aromatic N) is 5. The summed E-state index contributed by atoms with van der Waals surface area (Å²) in [4.78, 5) is 64.1. The fourth-order valence-electron chi connectivity index (χ4n) is 7.74. The number of phenolic OH excluding ortho intramolecular Hbond substituents is 1. The van der Waals surface area contributed by atoms with Gasteiger partial charge in [0, 0.05) is 31.0 Å². The van der Waals surface area contributed by atoms with Crippen LogP contribution in [-0.4, -0.2) is 93.6 Å². The van der Waals surface area contributed by atoms with Crippen molar-refractivity contribution in [3.05, 3.63) is 64.0 Å². The van der Waals surface area contributed by atoms with Crippen molar-refractivity contribution >= 4 is 50.6 Å². The molecule has 4 fully saturated rings. The van der Waals surface area contributed by atoms with Gasteiger partial charge < -0.3 is 10.4 Å². The number of halogens is 1. The van der Waals surface area contributed by atoms with Crippen LogP contribution in [0, 0.1) is 5.82 Å². The summed E-state index contributed by atoms with van der Waals surface area (Å²) >= 11 is 0. The van der Waals surface area contributed by atoms with Gasteiger partial charge in [0.05, 0.1) is 29.0 Å². The number of aromatic amines is 1. The second kappa shape index (κ2) is 12.8. The highest BCUT2D eigenvalue weighted by Crippen LogP contribution is 2.43. The Balaban J connectivity index is 0.860. The molecule has 8 rings (SSSR count). The highest BCUT2D eigenvalue weighted by atomic mass is 32.2. The first-order valence-electron chi connectivity index (χ1n) is 17.3. The van der Waals surface area contributed by atoms with Crippen LogP contribution in [-0.2, 0) is 36.4 Å². The molecular formula is C34H36FN9O8S. The average molecular weight is 750 g/mol. The van der Waals surface area contributed by atoms with Crippen molar-refractivity contribution in [2.45, 2.75) is 56.0 Å². The van der Waals surface area contributed by atoms with Gasteiger partial charge in [0.25, 0.3) is 5.91 Å². The fourth-order valence-corrected chi connectivity index (χ4v) is 8.90. The number of rotatable bonds is 8. The Kier molecular flexibility index (Phi) is 8.36. The first-order chi connectivity index (χ1) is 25.3. The minimum absolute atomic E-state index is 0.0506. The summed E-state index contributed by atoms with van der Waals surface area (Å²) < 4.78 is 45.4. The summed E-state index contributed by atoms with van der Waals surface area (Å²) in [5.74, 6) is -3.35. The van der Waals surface area contributed by atoms with E-state index in [0.29, 0.717) is 40.5 Å². The molecule has 2 aromatic heterocycles. The quantitative estimate of drug-likeness (QED) is 0.158. The van der Waals surface area contributed by atoms with Crippen LogP contribution in [0.4, 0.5) is 10.1 Å². The lowest BCUT2D eigenvalue weighted by Gasteiger charge is -2.31. The molecule has 4 aliphatic rings. The van der Waals surface area contributed by atoms with Crippen molar-refractivity contribution in [3.63, 3.8) is 0 Å². The molecule has 53 heavy (non-hydrogen) atoms. The number of anilines is 1. The number of likely N-dealkylation sites (tertiary alicyclic amines) is 1. The van der Waals surface area contributed by atoms with E-state index in [-0.39, 0.29) is 66.0 Å². The van der Waals surface area contributed by atoms with E-state index in [9.17, 15) is 37.5 Å². The predicted octanol–water partition coefficient (Wildman–Crippen LogP) is 0.585. The van der Waals surface area contributed by atoms with Crippen LogP contribution in [0.5, 0.6) is 5.75 Å². The Bertz CT molecular complexity index is 2380. The second-order valence-electron chi connectivity index (χ2n) is 14.0. The summed E-state index contributed by atoms with van der Waals surface area (Å²) in [5, 5.41) is 22.7. The number of hydrogen-bond donors (Lipinski definition) is 5.